The number of rotatable bonds is 4. The summed E-state index contributed by atoms with van der Waals surface area (Å²) in [5, 5.41) is 38.5. The molecule has 7 heteroatoms. The molecule has 0 amide bonds. The van der Waals surface area contributed by atoms with E-state index in [-0.39, 0.29) is 5.90 Å². The molecule has 28 heavy (non-hydrogen) atoms. The smallest absolute Gasteiger partial charge is 0.214 e. The molecule has 2 bridgehead atoms. The lowest BCUT2D eigenvalue weighted by Gasteiger charge is -2.47. The van der Waals surface area contributed by atoms with Crippen molar-refractivity contribution in [3.63, 3.8) is 0 Å². The van der Waals surface area contributed by atoms with Crippen LogP contribution in [0.5, 0.6) is 0 Å². The number of fused-ring (bicyclic) bond motifs is 2. The number of benzene rings is 1. The van der Waals surface area contributed by atoms with Crippen LogP contribution in [-0.2, 0) is 9.47 Å². The Balaban J connectivity index is 2.17. The van der Waals surface area contributed by atoms with Gasteiger partial charge in [-0.3, -0.25) is 5.41 Å². The van der Waals surface area contributed by atoms with Gasteiger partial charge in [-0.05, 0) is 31.5 Å². The highest BCUT2D eigenvalue weighted by Gasteiger charge is 2.78. The number of ether oxygens (including phenoxy) is 2. The first-order valence-electron chi connectivity index (χ1n) is 9.34. The maximum Gasteiger partial charge on any atom is 0.214 e. The molecule has 0 radical (unpaired) electrons. The molecule has 4 atom stereocenters. The number of nitrogens with zero attached hydrogens (tertiary/aromatic N) is 4. The van der Waals surface area contributed by atoms with Crippen molar-refractivity contribution in [3.8, 4) is 18.2 Å². The fraction of sp³-hybridized carbons (Fsp3) is 0.524. The number of anilines is 1. The van der Waals surface area contributed by atoms with Crippen molar-refractivity contribution in [3.05, 3.63) is 29.8 Å². The van der Waals surface area contributed by atoms with Gasteiger partial charge in [0.1, 0.15) is 6.10 Å². The van der Waals surface area contributed by atoms with Crippen LogP contribution in [0.3, 0.4) is 0 Å². The van der Waals surface area contributed by atoms with E-state index >= 15 is 0 Å². The van der Waals surface area contributed by atoms with E-state index in [9.17, 15) is 15.8 Å². The molecule has 1 aromatic rings. The van der Waals surface area contributed by atoms with Crippen LogP contribution in [-0.4, -0.2) is 24.8 Å². The van der Waals surface area contributed by atoms with Crippen LogP contribution in [0.25, 0.3) is 0 Å². The maximum absolute atomic E-state index is 10.1. The Labute approximate surface area is 165 Å². The molecule has 0 aliphatic carbocycles. The normalized spacial score (nSPS) is 32.5. The Morgan fingerprint density at radius 3 is 2.11 bits per heavy atom. The Morgan fingerprint density at radius 1 is 1.07 bits per heavy atom. The zero-order valence-corrected chi connectivity index (χ0v) is 16.5. The quantitative estimate of drug-likeness (QED) is 0.858. The average molecular weight is 377 g/mol. The number of nitriles is 3. The van der Waals surface area contributed by atoms with Crippen molar-refractivity contribution in [2.75, 3.05) is 18.0 Å². The molecule has 3 rings (SSSR count). The van der Waals surface area contributed by atoms with Gasteiger partial charge in [-0.15, -0.1) is 0 Å². The van der Waals surface area contributed by atoms with E-state index in [4.69, 9.17) is 14.9 Å². The SMILES string of the molecule is CCN(CC)c1ccc(C2OC3(C)OC(=N)C(C#N)(C3C)C2(C#N)C#N)cc1. The topological polar surface area (TPSA) is 117 Å². The number of nitrogens with one attached hydrogen (secondary N) is 1. The molecule has 2 fully saturated rings. The van der Waals surface area contributed by atoms with Crippen LogP contribution in [0.4, 0.5) is 5.69 Å². The zero-order chi connectivity index (χ0) is 20.7. The first-order chi connectivity index (χ1) is 13.3. The van der Waals surface area contributed by atoms with Crippen LogP contribution >= 0.6 is 0 Å². The molecule has 7 nitrogen and oxygen atoms in total. The maximum atomic E-state index is 10.1. The zero-order valence-electron chi connectivity index (χ0n) is 16.5. The lowest BCUT2D eigenvalue weighted by molar-refractivity contribution is -0.268. The van der Waals surface area contributed by atoms with E-state index in [1.165, 1.54) is 0 Å². The lowest BCUT2D eigenvalue weighted by atomic mass is 9.54. The first-order valence-corrected chi connectivity index (χ1v) is 9.34. The minimum Gasteiger partial charge on any atom is -0.448 e. The predicted molar refractivity (Wildman–Crippen MR) is 102 cm³/mol. The van der Waals surface area contributed by atoms with Gasteiger partial charge in [-0.25, -0.2) is 0 Å². The van der Waals surface area contributed by atoms with Gasteiger partial charge in [-0.2, -0.15) is 15.8 Å². The highest BCUT2D eigenvalue weighted by molar-refractivity contribution is 5.89. The first kappa shape index (κ1) is 19.7. The van der Waals surface area contributed by atoms with Crippen LogP contribution in [0.1, 0.15) is 39.4 Å². The Kier molecular flexibility index (Phi) is 4.58. The molecule has 0 spiro atoms. The third kappa shape index (κ3) is 2.19. The summed E-state index contributed by atoms with van der Waals surface area (Å²) < 4.78 is 11.8. The largest absolute Gasteiger partial charge is 0.448 e. The standard InChI is InChI=1S/C21H23N5O2/c1-5-26(6-2)16-9-7-15(8-10-16)17-20(11-22,12-23)21(13-24)14(3)19(4,27-17)28-18(21)25/h7-10,14,17,25H,5-6H2,1-4H3. The van der Waals surface area contributed by atoms with Gasteiger partial charge in [-0.1, -0.05) is 19.1 Å². The van der Waals surface area contributed by atoms with Gasteiger partial charge in [0.05, 0.1) is 24.1 Å². The third-order valence-corrected chi connectivity index (χ3v) is 6.32. The fourth-order valence-electron chi connectivity index (χ4n) is 4.46. The van der Waals surface area contributed by atoms with Gasteiger partial charge in [0.25, 0.3) is 0 Å². The monoisotopic (exact) mass is 377 g/mol. The molecule has 144 valence electrons. The minimum atomic E-state index is -1.90. The summed E-state index contributed by atoms with van der Waals surface area (Å²) in [5.74, 6) is -2.29. The summed E-state index contributed by atoms with van der Waals surface area (Å²) in [6.45, 7) is 9.19. The van der Waals surface area contributed by atoms with Crippen molar-refractivity contribution in [2.45, 2.75) is 39.6 Å². The minimum absolute atomic E-state index is 0.379. The van der Waals surface area contributed by atoms with E-state index in [1.54, 1.807) is 13.8 Å². The number of hydrogen-bond donors (Lipinski definition) is 1. The van der Waals surface area contributed by atoms with Crippen LogP contribution < -0.4 is 4.90 Å². The third-order valence-electron chi connectivity index (χ3n) is 6.32. The summed E-state index contributed by atoms with van der Waals surface area (Å²) in [5.41, 5.74) is -1.97. The Morgan fingerprint density at radius 2 is 1.64 bits per heavy atom. The van der Waals surface area contributed by atoms with Gasteiger partial charge in [0.2, 0.25) is 17.1 Å². The molecule has 0 aromatic heterocycles. The Bertz CT molecular complexity index is 904. The molecule has 2 heterocycles. The molecule has 4 unspecified atom stereocenters. The van der Waals surface area contributed by atoms with E-state index in [0.717, 1.165) is 18.8 Å². The lowest BCUT2D eigenvalue weighted by Crippen LogP contribution is -2.57. The van der Waals surface area contributed by atoms with Crippen molar-refractivity contribution in [1.82, 2.24) is 0 Å². The van der Waals surface area contributed by atoms with E-state index < -0.39 is 28.6 Å². The van der Waals surface area contributed by atoms with Gasteiger partial charge >= 0.3 is 0 Å². The summed E-state index contributed by atoms with van der Waals surface area (Å²) in [6, 6.07) is 13.6. The molecule has 1 aromatic carbocycles. The summed E-state index contributed by atoms with van der Waals surface area (Å²) in [7, 11) is 0. The second-order valence-corrected chi connectivity index (χ2v) is 7.38. The molecule has 2 aliphatic rings. The molecule has 2 saturated heterocycles. The Hall–Kier alpha value is -3.08. The van der Waals surface area contributed by atoms with E-state index in [0.29, 0.717) is 5.56 Å². The summed E-state index contributed by atoms with van der Waals surface area (Å²) >= 11 is 0. The van der Waals surface area contributed by atoms with Crippen LogP contribution in [0.2, 0.25) is 0 Å². The predicted octanol–water partition coefficient (Wildman–Crippen LogP) is 3.51. The second kappa shape index (κ2) is 6.51. The molecule has 1 N–H and O–H groups in total. The molecule has 0 saturated carbocycles. The molecular weight excluding hydrogens is 354 g/mol. The van der Waals surface area contributed by atoms with Gasteiger partial charge in [0.15, 0.2) is 5.41 Å². The summed E-state index contributed by atoms with van der Waals surface area (Å²) in [6.07, 6.45) is -1.02. The van der Waals surface area contributed by atoms with Crippen molar-refractivity contribution in [1.29, 1.82) is 21.2 Å². The fourth-order valence-corrected chi connectivity index (χ4v) is 4.46. The molecule has 2 aliphatic heterocycles. The van der Waals surface area contributed by atoms with E-state index in [2.05, 4.69) is 24.8 Å². The average Bonchev–Trinajstić information content (AvgIpc) is 2.85. The number of hydrogen-bond acceptors (Lipinski definition) is 7. The second-order valence-electron chi connectivity index (χ2n) is 7.38. The van der Waals surface area contributed by atoms with Crippen molar-refractivity contribution < 1.29 is 9.47 Å². The van der Waals surface area contributed by atoms with Crippen molar-refractivity contribution in [2.24, 2.45) is 16.7 Å². The highest BCUT2D eigenvalue weighted by atomic mass is 16.7. The highest BCUT2D eigenvalue weighted by Crippen LogP contribution is 2.66. The summed E-state index contributed by atoms with van der Waals surface area (Å²) in [4.78, 5) is 2.18. The van der Waals surface area contributed by atoms with Gasteiger partial charge < -0.3 is 14.4 Å². The van der Waals surface area contributed by atoms with E-state index in [1.807, 2.05) is 36.4 Å². The molecular formula is C21H23N5O2. The van der Waals surface area contributed by atoms with Crippen LogP contribution in [0.15, 0.2) is 24.3 Å². The van der Waals surface area contributed by atoms with Crippen LogP contribution in [0, 0.1) is 56.2 Å². The van der Waals surface area contributed by atoms with Crippen molar-refractivity contribution >= 4 is 11.6 Å². The van der Waals surface area contributed by atoms with Gasteiger partial charge in [0, 0.05) is 25.7 Å².